The van der Waals surface area contributed by atoms with Crippen molar-refractivity contribution in [2.45, 2.75) is 13.0 Å². The van der Waals surface area contributed by atoms with E-state index in [9.17, 15) is 13.6 Å². The van der Waals surface area contributed by atoms with Gasteiger partial charge in [0.15, 0.2) is 11.6 Å². The second kappa shape index (κ2) is 7.63. The monoisotopic (exact) mass is 336 g/mol. The van der Waals surface area contributed by atoms with Crippen molar-refractivity contribution < 1.29 is 23.0 Å². The largest absolute Gasteiger partial charge is 0.497 e. The Balaban J connectivity index is 2.06. The number of anilines is 1. The van der Waals surface area contributed by atoms with Gasteiger partial charge in [-0.25, -0.2) is 13.6 Å². The summed E-state index contributed by atoms with van der Waals surface area (Å²) >= 11 is 0. The molecule has 0 spiro atoms. The van der Waals surface area contributed by atoms with Gasteiger partial charge in [-0.3, -0.25) is 0 Å². The zero-order chi connectivity index (χ0) is 17.7. The van der Waals surface area contributed by atoms with Gasteiger partial charge in [-0.2, -0.15) is 0 Å². The molecule has 0 saturated heterocycles. The van der Waals surface area contributed by atoms with Gasteiger partial charge in [-0.1, -0.05) is 6.07 Å². The maximum atomic E-state index is 13.3. The summed E-state index contributed by atoms with van der Waals surface area (Å²) in [6, 6.07) is 7.41. The molecule has 0 aliphatic heterocycles. The number of urea groups is 1. The highest BCUT2D eigenvalue weighted by Crippen LogP contribution is 2.26. The zero-order valence-corrected chi connectivity index (χ0v) is 13.5. The lowest BCUT2D eigenvalue weighted by Gasteiger charge is -2.16. The fourth-order valence-electron chi connectivity index (χ4n) is 2.11. The summed E-state index contributed by atoms with van der Waals surface area (Å²) in [7, 11) is 3.01. The molecule has 7 heteroatoms. The van der Waals surface area contributed by atoms with Gasteiger partial charge in [-0.15, -0.1) is 0 Å². The molecule has 1 atom stereocenters. The van der Waals surface area contributed by atoms with E-state index >= 15 is 0 Å². The van der Waals surface area contributed by atoms with Crippen molar-refractivity contribution in [3.05, 3.63) is 53.6 Å². The Morgan fingerprint density at radius 2 is 1.62 bits per heavy atom. The summed E-state index contributed by atoms with van der Waals surface area (Å²) in [5.41, 5.74) is 0.924. The van der Waals surface area contributed by atoms with Crippen LogP contribution in [0.25, 0.3) is 0 Å². The van der Waals surface area contributed by atoms with Crippen molar-refractivity contribution in [1.29, 1.82) is 0 Å². The topological polar surface area (TPSA) is 59.6 Å². The van der Waals surface area contributed by atoms with Crippen LogP contribution in [-0.4, -0.2) is 20.3 Å². The molecule has 0 saturated carbocycles. The van der Waals surface area contributed by atoms with Crippen molar-refractivity contribution in [2.75, 3.05) is 19.5 Å². The predicted molar refractivity (Wildman–Crippen MR) is 86.5 cm³/mol. The number of carbonyl (C=O) groups excluding carboxylic acids is 1. The van der Waals surface area contributed by atoms with Gasteiger partial charge in [0.1, 0.15) is 11.5 Å². The lowest BCUT2D eigenvalue weighted by Crippen LogP contribution is -2.31. The van der Waals surface area contributed by atoms with E-state index < -0.39 is 23.7 Å². The molecule has 1 unspecified atom stereocenters. The normalized spacial score (nSPS) is 11.5. The van der Waals surface area contributed by atoms with Crippen LogP contribution in [0.2, 0.25) is 0 Å². The van der Waals surface area contributed by atoms with Crippen molar-refractivity contribution in [2.24, 2.45) is 0 Å². The minimum absolute atomic E-state index is 0.451. The van der Waals surface area contributed by atoms with Gasteiger partial charge < -0.3 is 20.1 Å². The number of carbonyl (C=O) groups is 1. The maximum absolute atomic E-state index is 13.3. The molecule has 0 bridgehead atoms. The molecule has 2 rings (SSSR count). The van der Waals surface area contributed by atoms with E-state index in [1.165, 1.54) is 20.3 Å². The van der Waals surface area contributed by atoms with Crippen LogP contribution in [0.15, 0.2) is 36.4 Å². The van der Waals surface area contributed by atoms with E-state index in [2.05, 4.69) is 10.6 Å². The molecule has 0 fully saturated rings. The van der Waals surface area contributed by atoms with E-state index in [-0.39, 0.29) is 0 Å². The fraction of sp³-hybridized carbons (Fsp3) is 0.235. The fourth-order valence-corrected chi connectivity index (χ4v) is 2.11. The average Bonchev–Trinajstić information content (AvgIpc) is 2.56. The third-order valence-corrected chi connectivity index (χ3v) is 3.40. The van der Waals surface area contributed by atoms with Crippen LogP contribution in [0.5, 0.6) is 11.5 Å². The number of ether oxygens (including phenoxy) is 2. The van der Waals surface area contributed by atoms with Gasteiger partial charge in [0.25, 0.3) is 0 Å². The number of nitrogens with one attached hydrogen (secondary N) is 2. The summed E-state index contributed by atoms with van der Waals surface area (Å²) in [5, 5.41) is 5.29. The molecule has 5 nitrogen and oxygen atoms in total. The molecule has 0 aromatic heterocycles. The molecule has 24 heavy (non-hydrogen) atoms. The molecule has 0 heterocycles. The third kappa shape index (κ3) is 4.34. The predicted octanol–water partition coefficient (Wildman–Crippen LogP) is 3.86. The molecular formula is C17H18F2N2O3. The standard InChI is InChI=1S/C17H18F2N2O3/c1-10(11-4-5-15(18)16(19)6-11)20-17(22)21-12-7-13(23-2)9-14(8-12)24-3/h4-10H,1-3H3,(H2,20,21,22). The van der Waals surface area contributed by atoms with Gasteiger partial charge in [-0.05, 0) is 24.6 Å². The summed E-state index contributed by atoms with van der Waals surface area (Å²) in [6.07, 6.45) is 0. The SMILES string of the molecule is COc1cc(NC(=O)NC(C)c2ccc(F)c(F)c2)cc(OC)c1. The first-order valence-corrected chi connectivity index (χ1v) is 7.18. The van der Waals surface area contributed by atoms with Crippen LogP contribution in [0, 0.1) is 11.6 Å². The van der Waals surface area contributed by atoms with Crippen LogP contribution < -0.4 is 20.1 Å². The van der Waals surface area contributed by atoms with Crippen LogP contribution in [0.3, 0.4) is 0 Å². The van der Waals surface area contributed by atoms with Crippen molar-refractivity contribution in [3.8, 4) is 11.5 Å². The number of hydrogen-bond acceptors (Lipinski definition) is 3. The molecule has 2 N–H and O–H groups in total. The Hall–Kier alpha value is -2.83. The highest BCUT2D eigenvalue weighted by Gasteiger charge is 2.13. The first-order chi connectivity index (χ1) is 11.4. The Morgan fingerprint density at radius 3 is 2.17 bits per heavy atom. The van der Waals surface area contributed by atoms with E-state index in [0.717, 1.165) is 12.1 Å². The summed E-state index contributed by atoms with van der Waals surface area (Å²) < 4.78 is 36.5. The molecule has 0 radical (unpaired) electrons. The molecule has 2 aromatic rings. The zero-order valence-electron chi connectivity index (χ0n) is 13.5. The van der Waals surface area contributed by atoms with Gasteiger partial charge in [0.05, 0.1) is 20.3 Å². The summed E-state index contributed by atoms with van der Waals surface area (Å²) in [6.45, 7) is 1.67. The quantitative estimate of drug-likeness (QED) is 0.871. The third-order valence-electron chi connectivity index (χ3n) is 3.40. The Labute approximate surface area is 138 Å². The number of benzene rings is 2. The van der Waals surface area contributed by atoms with Gasteiger partial charge >= 0.3 is 6.03 Å². The van der Waals surface area contributed by atoms with E-state index in [0.29, 0.717) is 22.7 Å². The smallest absolute Gasteiger partial charge is 0.319 e. The Morgan fingerprint density at radius 1 is 1.00 bits per heavy atom. The van der Waals surface area contributed by atoms with Crippen LogP contribution >= 0.6 is 0 Å². The summed E-state index contributed by atoms with van der Waals surface area (Å²) in [4.78, 5) is 12.1. The van der Waals surface area contributed by atoms with Crippen LogP contribution in [0.4, 0.5) is 19.3 Å². The second-order valence-electron chi connectivity index (χ2n) is 5.10. The number of methoxy groups -OCH3 is 2. The van der Waals surface area contributed by atoms with E-state index in [1.807, 2.05) is 0 Å². The molecule has 128 valence electrons. The summed E-state index contributed by atoms with van der Waals surface area (Å²) in [5.74, 6) is -0.838. The second-order valence-corrected chi connectivity index (χ2v) is 5.10. The first kappa shape index (κ1) is 17.5. The van der Waals surface area contributed by atoms with Crippen molar-refractivity contribution in [3.63, 3.8) is 0 Å². The Bertz CT molecular complexity index is 716. The molecule has 0 aliphatic carbocycles. The lowest BCUT2D eigenvalue weighted by atomic mass is 10.1. The van der Waals surface area contributed by atoms with E-state index in [4.69, 9.17) is 9.47 Å². The highest BCUT2D eigenvalue weighted by molar-refractivity contribution is 5.90. The van der Waals surface area contributed by atoms with Gasteiger partial charge in [0.2, 0.25) is 0 Å². The molecule has 2 aromatic carbocycles. The number of amides is 2. The number of hydrogen-bond donors (Lipinski definition) is 2. The highest BCUT2D eigenvalue weighted by atomic mass is 19.2. The van der Waals surface area contributed by atoms with Crippen molar-refractivity contribution >= 4 is 11.7 Å². The lowest BCUT2D eigenvalue weighted by molar-refractivity contribution is 0.249. The maximum Gasteiger partial charge on any atom is 0.319 e. The van der Waals surface area contributed by atoms with Gasteiger partial charge in [0, 0.05) is 23.9 Å². The molecular weight excluding hydrogens is 318 g/mol. The first-order valence-electron chi connectivity index (χ1n) is 7.18. The van der Waals surface area contributed by atoms with Crippen molar-refractivity contribution in [1.82, 2.24) is 5.32 Å². The minimum Gasteiger partial charge on any atom is -0.497 e. The number of halogens is 2. The van der Waals surface area contributed by atoms with Crippen LogP contribution in [0.1, 0.15) is 18.5 Å². The molecule has 2 amide bonds. The minimum atomic E-state index is -0.959. The van der Waals surface area contributed by atoms with Crippen LogP contribution in [-0.2, 0) is 0 Å². The average molecular weight is 336 g/mol. The number of rotatable bonds is 5. The Kier molecular flexibility index (Phi) is 5.57. The molecule has 0 aliphatic rings. The van der Waals surface area contributed by atoms with E-state index in [1.54, 1.807) is 25.1 Å².